The Hall–Kier alpha value is -2.20. The van der Waals surface area contributed by atoms with Crippen molar-refractivity contribution >= 4 is 23.9 Å². The van der Waals surface area contributed by atoms with Crippen molar-refractivity contribution in [3.05, 3.63) is 0 Å². The van der Waals surface area contributed by atoms with Gasteiger partial charge in [-0.05, 0) is 12.8 Å². The third-order valence-electron chi connectivity index (χ3n) is 5.55. The van der Waals surface area contributed by atoms with E-state index >= 15 is 0 Å². The first kappa shape index (κ1) is 29.8. The minimum atomic E-state index is -1.19. The van der Waals surface area contributed by atoms with Crippen LogP contribution in [-0.4, -0.2) is 92.4 Å². The maximum Gasteiger partial charge on any atom is 0.317 e. The molecule has 0 spiro atoms. The molecule has 0 aromatic rings. The lowest BCUT2D eigenvalue weighted by Crippen LogP contribution is -2.59. The largest absolute Gasteiger partial charge is 0.480 e. The summed E-state index contributed by atoms with van der Waals surface area (Å²) in [7, 11) is 0. The summed E-state index contributed by atoms with van der Waals surface area (Å²) in [6, 6.07) is 0. The Kier molecular flexibility index (Phi) is 15.3. The Morgan fingerprint density at radius 2 is 0.969 bits per heavy atom. The van der Waals surface area contributed by atoms with Crippen LogP contribution in [0.5, 0.6) is 0 Å². The summed E-state index contributed by atoms with van der Waals surface area (Å²) < 4.78 is 0. The molecule has 186 valence electrons. The fourth-order valence-corrected chi connectivity index (χ4v) is 4.15. The molecule has 0 saturated carbocycles. The van der Waals surface area contributed by atoms with E-state index in [9.17, 15) is 39.6 Å². The second kappa shape index (κ2) is 16.4. The Morgan fingerprint density at radius 3 is 1.28 bits per heavy atom. The van der Waals surface area contributed by atoms with Crippen LogP contribution in [-0.2, 0) is 19.2 Å². The van der Waals surface area contributed by atoms with Crippen LogP contribution in [0.3, 0.4) is 0 Å². The SMILES string of the molecule is CCCCCCC(CCCCCC)(CN(CC(=O)O)CC(=O)O)N(CC(=O)O)CC(=O)O. The van der Waals surface area contributed by atoms with Crippen LogP contribution in [0.15, 0.2) is 0 Å². The molecule has 0 aromatic carbocycles. The van der Waals surface area contributed by atoms with Gasteiger partial charge in [-0.1, -0.05) is 65.2 Å². The molecule has 0 aliphatic carbocycles. The Bertz CT molecular complexity index is 552. The Morgan fingerprint density at radius 1 is 0.594 bits per heavy atom. The van der Waals surface area contributed by atoms with Crippen molar-refractivity contribution in [3.63, 3.8) is 0 Å². The van der Waals surface area contributed by atoms with E-state index < -0.39 is 55.6 Å². The zero-order valence-electron chi connectivity index (χ0n) is 19.4. The van der Waals surface area contributed by atoms with Crippen molar-refractivity contribution in [2.75, 3.05) is 32.7 Å². The number of unbranched alkanes of at least 4 members (excludes halogenated alkanes) is 6. The monoisotopic (exact) mass is 460 g/mol. The van der Waals surface area contributed by atoms with E-state index in [0.29, 0.717) is 25.7 Å². The molecule has 0 rings (SSSR count). The highest BCUT2D eigenvalue weighted by atomic mass is 16.4. The molecular formula is C22H40N2O8. The summed E-state index contributed by atoms with van der Waals surface area (Å²) in [5, 5.41) is 37.5. The number of hydrogen-bond acceptors (Lipinski definition) is 6. The third-order valence-corrected chi connectivity index (χ3v) is 5.55. The van der Waals surface area contributed by atoms with E-state index in [1.165, 1.54) is 9.80 Å². The molecule has 0 radical (unpaired) electrons. The van der Waals surface area contributed by atoms with Gasteiger partial charge in [-0.25, -0.2) is 0 Å². The van der Waals surface area contributed by atoms with Gasteiger partial charge < -0.3 is 20.4 Å². The lowest BCUT2D eigenvalue weighted by atomic mass is 9.83. The maximum atomic E-state index is 11.6. The third kappa shape index (κ3) is 13.3. The number of carbonyl (C=O) groups is 4. The van der Waals surface area contributed by atoms with Crippen LogP contribution < -0.4 is 0 Å². The molecule has 0 aromatic heterocycles. The molecule has 0 aliphatic rings. The molecule has 10 heteroatoms. The minimum absolute atomic E-state index is 0.0234. The first-order chi connectivity index (χ1) is 15.1. The standard InChI is InChI=1S/C22H40N2O8/c1-3-5-7-9-11-22(12-10-8-6-4-2,24(15-20(29)30)16-21(31)32)17-23(13-18(25)26)14-19(27)28/h3-17H2,1-2H3,(H,25,26)(H,27,28)(H,29,30)(H,31,32). The Labute approximate surface area is 190 Å². The highest BCUT2D eigenvalue weighted by Crippen LogP contribution is 2.31. The quantitative estimate of drug-likeness (QED) is 0.188. The Balaban J connectivity index is 6.14. The van der Waals surface area contributed by atoms with E-state index in [0.717, 1.165) is 38.5 Å². The van der Waals surface area contributed by atoms with E-state index in [1.807, 2.05) is 0 Å². The van der Waals surface area contributed by atoms with Gasteiger partial charge in [0.2, 0.25) is 0 Å². The molecule has 0 amide bonds. The van der Waals surface area contributed by atoms with E-state index in [1.54, 1.807) is 0 Å². The van der Waals surface area contributed by atoms with Crippen molar-refractivity contribution < 1.29 is 39.6 Å². The summed E-state index contributed by atoms with van der Waals surface area (Å²) in [6.45, 7) is 2.02. The highest BCUT2D eigenvalue weighted by Gasteiger charge is 2.40. The average molecular weight is 461 g/mol. The number of carboxylic acids is 4. The van der Waals surface area contributed by atoms with E-state index in [2.05, 4.69) is 13.8 Å². The molecule has 0 atom stereocenters. The van der Waals surface area contributed by atoms with Crippen molar-refractivity contribution in [1.29, 1.82) is 0 Å². The molecule has 0 heterocycles. The normalized spacial score (nSPS) is 11.8. The van der Waals surface area contributed by atoms with E-state index in [-0.39, 0.29) is 6.54 Å². The van der Waals surface area contributed by atoms with Gasteiger partial charge >= 0.3 is 23.9 Å². The molecule has 4 N–H and O–H groups in total. The van der Waals surface area contributed by atoms with Gasteiger partial charge in [0.05, 0.1) is 26.2 Å². The van der Waals surface area contributed by atoms with Crippen LogP contribution in [0, 0.1) is 0 Å². The fraction of sp³-hybridized carbons (Fsp3) is 0.818. The van der Waals surface area contributed by atoms with Gasteiger partial charge in [0, 0.05) is 12.1 Å². The molecular weight excluding hydrogens is 420 g/mol. The van der Waals surface area contributed by atoms with Crippen molar-refractivity contribution in [3.8, 4) is 0 Å². The zero-order valence-corrected chi connectivity index (χ0v) is 19.4. The molecule has 32 heavy (non-hydrogen) atoms. The number of carboxylic acid groups (broad SMARTS) is 4. The van der Waals surface area contributed by atoms with Gasteiger partial charge in [0.1, 0.15) is 0 Å². The van der Waals surface area contributed by atoms with Crippen molar-refractivity contribution in [2.45, 2.75) is 83.6 Å². The van der Waals surface area contributed by atoms with Crippen LogP contribution in [0.1, 0.15) is 78.1 Å². The summed E-state index contributed by atoms with van der Waals surface area (Å²) in [6.07, 6.45) is 8.03. The zero-order chi connectivity index (χ0) is 24.6. The topological polar surface area (TPSA) is 156 Å². The first-order valence-electron chi connectivity index (χ1n) is 11.4. The smallest absolute Gasteiger partial charge is 0.317 e. The predicted octanol–water partition coefficient (Wildman–Crippen LogP) is 2.61. The summed E-state index contributed by atoms with van der Waals surface area (Å²) in [5.74, 6) is -4.75. The van der Waals surface area contributed by atoms with Crippen LogP contribution in [0.4, 0.5) is 0 Å². The summed E-state index contributed by atoms with van der Waals surface area (Å²) in [4.78, 5) is 48.6. The van der Waals surface area contributed by atoms with Gasteiger partial charge in [-0.2, -0.15) is 0 Å². The van der Waals surface area contributed by atoms with Gasteiger partial charge in [-0.3, -0.25) is 29.0 Å². The number of aliphatic carboxylic acids is 4. The van der Waals surface area contributed by atoms with Gasteiger partial charge in [-0.15, -0.1) is 0 Å². The number of hydrogen-bond donors (Lipinski definition) is 4. The summed E-state index contributed by atoms with van der Waals surface area (Å²) in [5.41, 5.74) is -0.955. The van der Waals surface area contributed by atoms with Crippen LogP contribution in [0.2, 0.25) is 0 Å². The molecule has 0 unspecified atom stereocenters. The van der Waals surface area contributed by atoms with Crippen molar-refractivity contribution in [2.24, 2.45) is 0 Å². The lowest BCUT2D eigenvalue weighted by Gasteiger charge is -2.46. The predicted molar refractivity (Wildman–Crippen MR) is 119 cm³/mol. The van der Waals surface area contributed by atoms with E-state index in [4.69, 9.17) is 0 Å². The molecule has 0 saturated heterocycles. The molecule has 10 nitrogen and oxygen atoms in total. The van der Waals surface area contributed by atoms with Crippen LogP contribution >= 0.6 is 0 Å². The molecule has 0 aliphatic heterocycles. The number of rotatable bonds is 21. The lowest BCUT2D eigenvalue weighted by molar-refractivity contribution is -0.149. The van der Waals surface area contributed by atoms with Gasteiger partial charge in [0.25, 0.3) is 0 Å². The molecule has 0 fully saturated rings. The summed E-state index contributed by atoms with van der Waals surface area (Å²) >= 11 is 0. The van der Waals surface area contributed by atoms with Crippen LogP contribution in [0.25, 0.3) is 0 Å². The van der Waals surface area contributed by atoms with Crippen molar-refractivity contribution in [1.82, 2.24) is 9.80 Å². The average Bonchev–Trinajstić information content (AvgIpc) is 2.66. The maximum absolute atomic E-state index is 11.6. The molecule has 0 bridgehead atoms. The second-order valence-electron chi connectivity index (χ2n) is 8.42. The fourth-order valence-electron chi connectivity index (χ4n) is 4.15. The van der Waals surface area contributed by atoms with Gasteiger partial charge in [0.15, 0.2) is 0 Å². The highest BCUT2D eigenvalue weighted by molar-refractivity contribution is 5.73. The number of nitrogens with zero attached hydrogens (tertiary/aromatic N) is 2. The first-order valence-corrected chi connectivity index (χ1v) is 11.4. The minimum Gasteiger partial charge on any atom is -0.480 e. The second-order valence-corrected chi connectivity index (χ2v) is 8.42.